The highest BCUT2D eigenvalue weighted by atomic mass is 16.6. The van der Waals surface area contributed by atoms with Crippen molar-refractivity contribution in [1.82, 2.24) is 19.9 Å². The van der Waals surface area contributed by atoms with Gasteiger partial charge in [-0.1, -0.05) is 12.1 Å². The fourth-order valence-corrected chi connectivity index (χ4v) is 2.60. The first-order valence-electron chi connectivity index (χ1n) is 7.74. The summed E-state index contributed by atoms with van der Waals surface area (Å²) >= 11 is 0. The Morgan fingerprint density at radius 3 is 2.76 bits per heavy atom. The van der Waals surface area contributed by atoms with Crippen LogP contribution in [0.3, 0.4) is 0 Å². The number of hydrogen-bond acceptors (Lipinski definition) is 6. The Morgan fingerprint density at radius 1 is 1.24 bits per heavy atom. The van der Waals surface area contributed by atoms with Crippen LogP contribution in [0.1, 0.15) is 17.2 Å². The van der Waals surface area contributed by atoms with Gasteiger partial charge in [0.2, 0.25) is 0 Å². The third kappa shape index (κ3) is 3.63. The van der Waals surface area contributed by atoms with E-state index >= 15 is 0 Å². The molecule has 0 saturated heterocycles. The Labute approximate surface area is 144 Å². The van der Waals surface area contributed by atoms with Gasteiger partial charge in [0.1, 0.15) is 18.0 Å². The highest BCUT2D eigenvalue weighted by molar-refractivity contribution is 5.64. The van der Waals surface area contributed by atoms with E-state index in [2.05, 4.69) is 19.9 Å². The number of H-pyrrole nitrogens is 1. The Morgan fingerprint density at radius 2 is 2.04 bits per heavy atom. The van der Waals surface area contributed by atoms with Crippen LogP contribution in [-0.4, -0.2) is 31.9 Å². The molecule has 0 saturated carbocycles. The van der Waals surface area contributed by atoms with Crippen molar-refractivity contribution < 1.29 is 4.92 Å². The van der Waals surface area contributed by atoms with E-state index in [4.69, 9.17) is 0 Å². The van der Waals surface area contributed by atoms with Gasteiger partial charge in [-0.05, 0) is 13.8 Å². The molecule has 0 aliphatic heterocycles. The summed E-state index contributed by atoms with van der Waals surface area (Å²) in [5.74, 6) is 1.57. The molecule has 1 N–H and O–H groups in total. The van der Waals surface area contributed by atoms with Gasteiger partial charge in [0.05, 0.1) is 17.2 Å². The van der Waals surface area contributed by atoms with Gasteiger partial charge in [-0.2, -0.15) is 0 Å². The lowest BCUT2D eigenvalue weighted by molar-refractivity contribution is -0.384. The van der Waals surface area contributed by atoms with Crippen molar-refractivity contribution in [2.45, 2.75) is 20.4 Å². The van der Waals surface area contributed by atoms with Crippen LogP contribution in [0, 0.1) is 24.0 Å². The van der Waals surface area contributed by atoms with Crippen LogP contribution in [0.4, 0.5) is 11.5 Å². The molecule has 0 atom stereocenters. The third-order valence-electron chi connectivity index (χ3n) is 3.83. The normalized spacial score (nSPS) is 10.7. The minimum Gasteiger partial charge on any atom is -0.352 e. The molecule has 8 heteroatoms. The second-order valence-corrected chi connectivity index (χ2v) is 5.84. The summed E-state index contributed by atoms with van der Waals surface area (Å²) in [7, 11) is 1.92. The Hall–Kier alpha value is -3.29. The number of nitro benzene ring substituents is 1. The number of aryl methyl sites for hydroxylation is 2. The number of aromatic nitrogens is 4. The van der Waals surface area contributed by atoms with E-state index in [0.29, 0.717) is 12.2 Å². The first-order chi connectivity index (χ1) is 11.9. The van der Waals surface area contributed by atoms with Gasteiger partial charge in [0.15, 0.2) is 0 Å². The molecule has 0 bridgehead atoms. The average molecular weight is 338 g/mol. The molecule has 0 unspecified atom stereocenters. The summed E-state index contributed by atoms with van der Waals surface area (Å²) in [4.78, 5) is 28.7. The van der Waals surface area contributed by atoms with Crippen LogP contribution < -0.4 is 4.90 Å². The van der Waals surface area contributed by atoms with Crippen molar-refractivity contribution in [2.24, 2.45) is 0 Å². The van der Waals surface area contributed by atoms with Gasteiger partial charge in [-0.15, -0.1) is 0 Å². The minimum absolute atomic E-state index is 0.0510. The quantitative estimate of drug-likeness (QED) is 0.567. The number of nitrogens with one attached hydrogen (secondary N) is 1. The van der Waals surface area contributed by atoms with Crippen LogP contribution >= 0.6 is 0 Å². The van der Waals surface area contributed by atoms with E-state index in [1.807, 2.05) is 37.9 Å². The number of aromatic amines is 1. The Balaban J connectivity index is 1.85. The van der Waals surface area contributed by atoms with E-state index < -0.39 is 4.92 Å². The zero-order valence-corrected chi connectivity index (χ0v) is 14.2. The van der Waals surface area contributed by atoms with Gasteiger partial charge in [-0.3, -0.25) is 10.1 Å². The molecule has 0 aliphatic carbocycles. The lowest BCUT2D eigenvalue weighted by atomic mass is 10.1. The Bertz CT molecular complexity index is 921. The highest BCUT2D eigenvalue weighted by Gasteiger charge is 2.14. The smallest absolute Gasteiger partial charge is 0.270 e. The second kappa shape index (κ2) is 6.68. The van der Waals surface area contributed by atoms with Gasteiger partial charge >= 0.3 is 0 Å². The molecule has 0 fully saturated rings. The maximum atomic E-state index is 11.0. The Kier molecular flexibility index (Phi) is 4.42. The van der Waals surface area contributed by atoms with Crippen molar-refractivity contribution in [3.63, 3.8) is 0 Å². The molecular formula is C17H18N6O2. The molecule has 1 aromatic carbocycles. The van der Waals surface area contributed by atoms with Crippen molar-refractivity contribution in [3.8, 4) is 11.3 Å². The van der Waals surface area contributed by atoms with Gasteiger partial charge in [-0.25, -0.2) is 15.0 Å². The lowest BCUT2D eigenvalue weighted by Crippen LogP contribution is -2.18. The molecule has 0 radical (unpaired) electrons. The summed E-state index contributed by atoms with van der Waals surface area (Å²) in [5.41, 5.74) is 3.24. The summed E-state index contributed by atoms with van der Waals surface area (Å²) in [6.45, 7) is 4.35. The number of imidazole rings is 1. The van der Waals surface area contributed by atoms with E-state index in [0.717, 1.165) is 28.6 Å². The molecule has 2 heterocycles. The maximum Gasteiger partial charge on any atom is 0.270 e. The minimum atomic E-state index is -0.405. The SMILES string of the molecule is Cc1cc(N(C)Cc2nc(-c3cccc([N+](=O)[O-])c3)c(C)[nH]2)ncn1. The van der Waals surface area contributed by atoms with Crippen LogP contribution in [0.25, 0.3) is 11.3 Å². The van der Waals surface area contributed by atoms with Gasteiger partial charge in [0, 0.05) is 42.2 Å². The largest absolute Gasteiger partial charge is 0.352 e. The molecule has 3 aromatic rings. The summed E-state index contributed by atoms with van der Waals surface area (Å²) < 4.78 is 0. The molecule has 0 aliphatic rings. The molecule has 0 amide bonds. The zero-order valence-electron chi connectivity index (χ0n) is 14.2. The number of nitro groups is 1. The van der Waals surface area contributed by atoms with Crippen molar-refractivity contribution in [2.75, 3.05) is 11.9 Å². The number of non-ortho nitro benzene ring substituents is 1. The van der Waals surface area contributed by atoms with E-state index in [-0.39, 0.29) is 5.69 Å². The van der Waals surface area contributed by atoms with E-state index in [1.165, 1.54) is 18.5 Å². The van der Waals surface area contributed by atoms with Crippen molar-refractivity contribution >= 4 is 11.5 Å². The van der Waals surface area contributed by atoms with Crippen LogP contribution in [-0.2, 0) is 6.54 Å². The maximum absolute atomic E-state index is 11.0. The monoisotopic (exact) mass is 338 g/mol. The number of benzene rings is 1. The van der Waals surface area contributed by atoms with Crippen molar-refractivity contribution in [3.05, 3.63) is 64.0 Å². The molecule has 25 heavy (non-hydrogen) atoms. The van der Waals surface area contributed by atoms with Crippen molar-refractivity contribution in [1.29, 1.82) is 0 Å². The van der Waals surface area contributed by atoms with Crippen LogP contribution in [0.15, 0.2) is 36.7 Å². The molecule has 8 nitrogen and oxygen atoms in total. The van der Waals surface area contributed by atoms with Gasteiger partial charge in [0.25, 0.3) is 5.69 Å². The number of nitrogens with zero attached hydrogens (tertiary/aromatic N) is 5. The predicted molar refractivity (Wildman–Crippen MR) is 94.3 cm³/mol. The molecule has 128 valence electrons. The highest BCUT2D eigenvalue weighted by Crippen LogP contribution is 2.25. The predicted octanol–water partition coefficient (Wildman–Crippen LogP) is 3.03. The fraction of sp³-hybridized carbons (Fsp3) is 0.235. The molecular weight excluding hydrogens is 320 g/mol. The third-order valence-corrected chi connectivity index (χ3v) is 3.83. The summed E-state index contributed by atoms with van der Waals surface area (Å²) in [6, 6.07) is 8.38. The van der Waals surface area contributed by atoms with Crippen LogP contribution in [0.2, 0.25) is 0 Å². The number of hydrogen-bond donors (Lipinski definition) is 1. The molecule has 2 aromatic heterocycles. The second-order valence-electron chi connectivity index (χ2n) is 5.84. The number of anilines is 1. The summed E-state index contributed by atoms with van der Waals surface area (Å²) in [6.07, 6.45) is 1.53. The standard InChI is InChI=1S/C17H18N6O2/c1-11-7-16(19-10-18-11)22(3)9-15-20-12(2)17(21-15)13-5-4-6-14(8-13)23(24)25/h4-8,10H,9H2,1-3H3,(H,20,21). The van der Waals surface area contributed by atoms with E-state index in [1.54, 1.807) is 6.07 Å². The molecule has 0 spiro atoms. The zero-order chi connectivity index (χ0) is 18.0. The summed E-state index contributed by atoms with van der Waals surface area (Å²) in [5, 5.41) is 11.0. The van der Waals surface area contributed by atoms with Gasteiger partial charge < -0.3 is 9.88 Å². The lowest BCUT2D eigenvalue weighted by Gasteiger charge is -2.16. The first-order valence-corrected chi connectivity index (χ1v) is 7.74. The fourth-order valence-electron chi connectivity index (χ4n) is 2.60. The number of rotatable bonds is 5. The van der Waals surface area contributed by atoms with E-state index in [9.17, 15) is 10.1 Å². The first kappa shape index (κ1) is 16.6. The van der Waals surface area contributed by atoms with Crippen LogP contribution in [0.5, 0.6) is 0 Å². The molecule has 3 rings (SSSR count). The average Bonchev–Trinajstić information content (AvgIpc) is 2.95. The topological polar surface area (TPSA) is 101 Å².